The van der Waals surface area contributed by atoms with E-state index < -0.39 is 17.6 Å². The number of alkyl halides is 3. The largest absolute Gasteiger partial charge is 0.416 e. The molecule has 2 heterocycles. The Balaban J connectivity index is 2.02. The molecule has 1 saturated heterocycles. The third-order valence-corrected chi connectivity index (χ3v) is 3.76. The third-order valence-electron chi connectivity index (χ3n) is 2.80. The maximum absolute atomic E-state index is 13.7. The van der Waals surface area contributed by atoms with Crippen molar-refractivity contribution in [3.8, 4) is 11.3 Å². The first kappa shape index (κ1) is 12.6. The third kappa shape index (κ3) is 2.48. The second-order valence-corrected chi connectivity index (χ2v) is 5.11. The number of halogens is 4. The summed E-state index contributed by atoms with van der Waals surface area (Å²) in [5, 5.41) is 5.39. The van der Waals surface area contributed by atoms with Gasteiger partial charge in [0.05, 0.1) is 17.3 Å². The van der Waals surface area contributed by atoms with Crippen LogP contribution < -0.4 is 5.32 Å². The summed E-state index contributed by atoms with van der Waals surface area (Å²) < 4.78 is 51.5. The monoisotopic (exact) mass is 288 g/mol. The van der Waals surface area contributed by atoms with E-state index in [1.807, 2.05) is 0 Å². The topological polar surface area (TPSA) is 34.8 Å². The molecule has 1 aromatic carbocycles. The summed E-state index contributed by atoms with van der Waals surface area (Å²) in [7, 11) is 0. The molecule has 100 valence electrons. The molecule has 0 spiro atoms. The Bertz CT molecular complexity index is 616. The molecule has 0 amide bonds. The Kier molecular flexibility index (Phi) is 2.83. The van der Waals surface area contributed by atoms with Gasteiger partial charge in [0, 0.05) is 17.5 Å². The summed E-state index contributed by atoms with van der Waals surface area (Å²) in [5.74, 6) is -0.700. The minimum atomic E-state index is -4.49. The fourth-order valence-corrected chi connectivity index (χ4v) is 2.60. The fourth-order valence-electron chi connectivity index (χ4n) is 1.70. The van der Waals surface area contributed by atoms with Crippen molar-refractivity contribution in [2.45, 2.75) is 12.2 Å². The lowest BCUT2D eigenvalue weighted by atomic mass is 10.1. The van der Waals surface area contributed by atoms with Crippen LogP contribution >= 0.6 is 11.3 Å². The molecule has 0 bridgehead atoms. The molecule has 1 N–H and O–H groups in total. The van der Waals surface area contributed by atoms with E-state index in [0.717, 1.165) is 29.8 Å². The number of hydrogen-bond donors (Lipinski definition) is 1. The van der Waals surface area contributed by atoms with Crippen molar-refractivity contribution in [2.24, 2.45) is 0 Å². The Morgan fingerprint density at radius 1 is 1.32 bits per heavy atom. The molecule has 1 aliphatic heterocycles. The van der Waals surface area contributed by atoms with Gasteiger partial charge >= 0.3 is 6.18 Å². The van der Waals surface area contributed by atoms with Crippen LogP contribution in [0.2, 0.25) is 0 Å². The van der Waals surface area contributed by atoms with Gasteiger partial charge in [0.1, 0.15) is 10.8 Å². The zero-order chi connectivity index (χ0) is 13.6. The second kappa shape index (κ2) is 4.28. The van der Waals surface area contributed by atoms with Crippen molar-refractivity contribution >= 4 is 11.3 Å². The van der Waals surface area contributed by atoms with Gasteiger partial charge in [-0.1, -0.05) is 0 Å². The van der Waals surface area contributed by atoms with Gasteiger partial charge in [0.25, 0.3) is 0 Å². The van der Waals surface area contributed by atoms with Crippen LogP contribution in [0.15, 0.2) is 23.6 Å². The molecule has 1 aromatic heterocycles. The SMILES string of the molecule is Fc1ccc(C(F)(F)F)cc1-c1csc(C2CN2)n1. The minimum Gasteiger partial charge on any atom is -0.305 e. The van der Waals surface area contributed by atoms with Gasteiger partial charge in [0.2, 0.25) is 0 Å². The molecular weight excluding hydrogens is 280 g/mol. The van der Waals surface area contributed by atoms with Crippen LogP contribution in [0.1, 0.15) is 16.6 Å². The van der Waals surface area contributed by atoms with Crippen molar-refractivity contribution in [1.82, 2.24) is 10.3 Å². The summed E-state index contributed by atoms with van der Waals surface area (Å²) in [6.45, 7) is 0.804. The molecule has 2 nitrogen and oxygen atoms in total. The predicted molar refractivity (Wildman–Crippen MR) is 63.3 cm³/mol. The van der Waals surface area contributed by atoms with Crippen molar-refractivity contribution in [3.63, 3.8) is 0 Å². The average molecular weight is 288 g/mol. The number of nitrogens with one attached hydrogen (secondary N) is 1. The molecule has 0 saturated carbocycles. The lowest BCUT2D eigenvalue weighted by Crippen LogP contribution is -2.05. The highest BCUT2D eigenvalue weighted by Gasteiger charge is 2.32. The predicted octanol–water partition coefficient (Wildman–Crippen LogP) is 3.61. The zero-order valence-electron chi connectivity index (χ0n) is 9.46. The van der Waals surface area contributed by atoms with E-state index in [1.165, 1.54) is 11.3 Å². The van der Waals surface area contributed by atoms with Gasteiger partial charge < -0.3 is 5.32 Å². The molecule has 19 heavy (non-hydrogen) atoms. The van der Waals surface area contributed by atoms with Crippen LogP contribution in [0.25, 0.3) is 11.3 Å². The van der Waals surface area contributed by atoms with Crippen LogP contribution in [0.3, 0.4) is 0 Å². The first-order valence-corrected chi connectivity index (χ1v) is 6.39. The van der Waals surface area contributed by atoms with Gasteiger partial charge in [-0.15, -0.1) is 11.3 Å². The van der Waals surface area contributed by atoms with Crippen LogP contribution in [-0.4, -0.2) is 11.5 Å². The summed E-state index contributed by atoms with van der Waals surface area (Å²) in [4.78, 5) is 4.18. The van der Waals surface area contributed by atoms with E-state index in [0.29, 0.717) is 0 Å². The van der Waals surface area contributed by atoms with E-state index in [-0.39, 0.29) is 17.3 Å². The minimum absolute atomic E-state index is 0.113. The average Bonchev–Trinajstić information content (AvgIpc) is 3.07. The number of benzene rings is 1. The highest BCUT2D eigenvalue weighted by atomic mass is 32.1. The van der Waals surface area contributed by atoms with Gasteiger partial charge in [-0.2, -0.15) is 13.2 Å². The highest BCUT2D eigenvalue weighted by Crippen LogP contribution is 2.35. The van der Waals surface area contributed by atoms with E-state index >= 15 is 0 Å². The molecule has 7 heteroatoms. The van der Waals surface area contributed by atoms with Crippen molar-refractivity contribution in [1.29, 1.82) is 0 Å². The molecule has 1 fully saturated rings. The smallest absolute Gasteiger partial charge is 0.305 e. The lowest BCUT2D eigenvalue weighted by Gasteiger charge is -2.08. The number of nitrogens with zero attached hydrogens (tertiary/aromatic N) is 1. The Labute approximate surface area is 110 Å². The van der Waals surface area contributed by atoms with Crippen LogP contribution in [0, 0.1) is 5.82 Å². The molecule has 0 aliphatic carbocycles. The molecule has 0 radical (unpaired) electrons. The van der Waals surface area contributed by atoms with Crippen molar-refractivity contribution in [2.75, 3.05) is 6.54 Å². The first-order chi connectivity index (χ1) is 8.95. The summed E-state index contributed by atoms with van der Waals surface area (Å²) in [6, 6.07) is 2.52. The summed E-state index contributed by atoms with van der Waals surface area (Å²) in [5.41, 5.74) is -0.738. The lowest BCUT2D eigenvalue weighted by molar-refractivity contribution is -0.137. The number of thiazole rings is 1. The normalized spacial score (nSPS) is 18.6. The van der Waals surface area contributed by atoms with Crippen molar-refractivity contribution in [3.05, 3.63) is 40.0 Å². The molecule has 1 aliphatic rings. The molecule has 2 aromatic rings. The Morgan fingerprint density at radius 2 is 2.05 bits per heavy atom. The zero-order valence-corrected chi connectivity index (χ0v) is 10.3. The van der Waals surface area contributed by atoms with E-state index in [2.05, 4.69) is 10.3 Å². The Hall–Kier alpha value is -1.47. The maximum atomic E-state index is 13.7. The maximum Gasteiger partial charge on any atom is 0.416 e. The summed E-state index contributed by atoms with van der Waals surface area (Å²) in [6.07, 6.45) is -4.49. The number of hydrogen-bond acceptors (Lipinski definition) is 3. The quantitative estimate of drug-likeness (QED) is 0.676. The number of aromatic nitrogens is 1. The fraction of sp³-hybridized carbons (Fsp3) is 0.250. The van der Waals surface area contributed by atoms with Gasteiger partial charge in [-0.25, -0.2) is 9.37 Å². The summed E-state index contributed by atoms with van der Waals surface area (Å²) >= 11 is 1.32. The first-order valence-electron chi connectivity index (χ1n) is 5.51. The van der Waals surface area contributed by atoms with Crippen LogP contribution in [0.5, 0.6) is 0 Å². The standard InChI is InChI=1S/C12H8F4N2S/c13-8-2-1-6(12(14,15)16)3-7(8)10-5-19-11(18-10)9-4-17-9/h1-3,5,9,17H,4H2. The van der Waals surface area contributed by atoms with Crippen LogP contribution in [0.4, 0.5) is 17.6 Å². The van der Waals surface area contributed by atoms with Gasteiger partial charge in [-0.05, 0) is 18.2 Å². The van der Waals surface area contributed by atoms with E-state index in [1.54, 1.807) is 5.38 Å². The molecular formula is C12H8F4N2S. The second-order valence-electron chi connectivity index (χ2n) is 4.22. The molecule has 1 atom stereocenters. The molecule has 1 unspecified atom stereocenters. The van der Waals surface area contributed by atoms with Crippen LogP contribution in [-0.2, 0) is 6.18 Å². The number of rotatable bonds is 2. The van der Waals surface area contributed by atoms with E-state index in [4.69, 9.17) is 0 Å². The van der Waals surface area contributed by atoms with Gasteiger partial charge in [0.15, 0.2) is 0 Å². The van der Waals surface area contributed by atoms with E-state index in [9.17, 15) is 17.6 Å². The highest BCUT2D eigenvalue weighted by molar-refractivity contribution is 7.10. The molecule has 3 rings (SSSR count). The van der Waals surface area contributed by atoms with Crippen molar-refractivity contribution < 1.29 is 17.6 Å². The van der Waals surface area contributed by atoms with Gasteiger partial charge in [-0.3, -0.25) is 0 Å². The Morgan fingerprint density at radius 3 is 2.68 bits per heavy atom.